The number of ether oxygens (including phenoxy) is 2. The molecule has 2 rings (SSSR count). The molecule has 0 aliphatic rings. The van der Waals surface area contributed by atoms with E-state index in [1.807, 2.05) is 6.92 Å². The van der Waals surface area contributed by atoms with Crippen LogP contribution in [0.2, 0.25) is 0 Å². The van der Waals surface area contributed by atoms with Crippen molar-refractivity contribution in [3.8, 4) is 5.75 Å². The maximum atomic E-state index is 13.5. The molecule has 0 aliphatic heterocycles. The van der Waals surface area contributed by atoms with Gasteiger partial charge in [-0.15, -0.1) is 0 Å². The van der Waals surface area contributed by atoms with Crippen LogP contribution in [-0.2, 0) is 14.3 Å². The van der Waals surface area contributed by atoms with Crippen molar-refractivity contribution in [3.63, 3.8) is 0 Å². The number of hydrogen-bond donors (Lipinski definition) is 1. The van der Waals surface area contributed by atoms with Gasteiger partial charge in [0.05, 0.1) is 6.61 Å². The molecular weight excluding hydrogens is 356 g/mol. The van der Waals surface area contributed by atoms with Gasteiger partial charge in [-0.1, -0.05) is 18.2 Å². The summed E-state index contributed by atoms with van der Waals surface area (Å²) >= 11 is 0. The Labute approximate surface area is 155 Å². The first-order valence-corrected chi connectivity index (χ1v) is 8.27. The van der Waals surface area contributed by atoms with E-state index in [1.165, 1.54) is 19.1 Å². The number of hydrogen-bond acceptors (Lipinski definition) is 4. The summed E-state index contributed by atoms with van der Waals surface area (Å²) in [5, 5.41) is 2.07. The number of amides is 1. The van der Waals surface area contributed by atoms with Crippen molar-refractivity contribution in [2.24, 2.45) is 0 Å². The Morgan fingerprint density at radius 3 is 2.33 bits per heavy atom. The number of halogens is 2. The zero-order valence-electron chi connectivity index (χ0n) is 14.9. The van der Waals surface area contributed by atoms with Gasteiger partial charge in [0.1, 0.15) is 23.1 Å². The standard InChI is InChI=1S/C20H19F2NO4/c1-3-26-15-10-7-14(8-11-15)9-12-18(24)27-13(2)20(25)23-19-16(21)5-4-6-17(19)22/h4-13H,3H2,1-2H3,(H,23,25)/b12-9+/t13-/m0/s1. The van der Waals surface area contributed by atoms with Crippen LogP contribution in [0.25, 0.3) is 6.08 Å². The number of para-hydroxylation sites is 1. The second-order valence-corrected chi connectivity index (χ2v) is 5.50. The number of carbonyl (C=O) groups is 2. The first-order chi connectivity index (χ1) is 12.9. The molecule has 1 N–H and O–H groups in total. The third kappa shape index (κ3) is 5.91. The lowest BCUT2D eigenvalue weighted by Gasteiger charge is -2.13. The summed E-state index contributed by atoms with van der Waals surface area (Å²) in [6.45, 7) is 3.73. The molecule has 2 aromatic rings. The van der Waals surface area contributed by atoms with Crippen molar-refractivity contribution in [3.05, 3.63) is 65.7 Å². The van der Waals surface area contributed by atoms with Gasteiger partial charge in [0.25, 0.3) is 5.91 Å². The van der Waals surface area contributed by atoms with E-state index in [1.54, 1.807) is 24.3 Å². The molecule has 0 heterocycles. The van der Waals surface area contributed by atoms with Crippen molar-refractivity contribution >= 4 is 23.6 Å². The average molecular weight is 375 g/mol. The Morgan fingerprint density at radius 2 is 1.74 bits per heavy atom. The van der Waals surface area contributed by atoms with E-state index in [-0.39, 0.29) is 0 Å². The summed E-state index contributed by atoms with van der Waals surface area (Å²) in [5.74, 6) is -2.74. The lowest BCUT2D eigenvalue weighted by Crippen LogP contribution is -2.30. The number of benzene rings is 2. The SMILES string of the molecule is CCOc1ccc(/C=C/C(=O)O[C@@H](C)C(=O)Nc2c(F)cccc2F)cc1. The van der Waals surface area contributed by atoms with Crippen molar-refractivity contribution in [2.45, 2.75) is 20.0 Å². The maximum absolute atomic E-state index is 13.5. The molecule has 0 unspecified atom stereocenters. The van der Waals surface area contributed by atoms with E-state index in [0.29, 0.717) is 12.4 Å². The third-order valence-electron chi connectivity index (χ3n) is 3.48. The Kier molecular flexibility index (Phi) is 7.05. The van der Waals surface area contributed by atoms with Crippen molar-refractivity contribution in [2.75, 3.05) is 11.9 Å². The molecule has 142 valence electrons. The lowest BCUT2D eigenvalue weighted by atomic mass is 10.2. The highest BCUT2D eigenvalue weighted by atomic mass is 19.1. The fourth-order valence-corrected chi connectivity index (χ4v) is 2.12. The Bertz CT molecular complexity index is 814. The Balaban J connectivity index is 1.91. The zero-order chi connectivity index (χ0) is 19.8. The second kappa shape index (κ2) is 9.47. The monoisotopic (exact) mass is 375 g/mol. The minimum absolute atomic E-state index is 0.554. The number of carbonyl (C=O) groups excluding carboxylic acids is 2. The molecule has 0 saturated heterocycles. The predicted molar refractivity (Wildman–Crippen MR) is 97.2 cm³/mol. The first-order valence-electron chi connectivity index (χ1n) is 8.27. The highest BCUT2D eigenvalue weighted by molar-refractivity contribution is 5.96. The molecule has 5 nitrogen and oxygen atoms in total. The summed E-state index contributed by atoms with van der Waals surface area (Å²) in [7, 11) is 0. The van der Waals surface area contributed by atoms with Gasteiger partial charge in [-0.3, -0.25) is 4.79 Å². The fourth-order valence-electron chi connectivity index (χ4n) is 2.12. The van der Waals surface area contributed by atoms with Crippen LogP contribution >= 0.6 is 0 Å². The normalized spacial score (nSPS) is 11.9. The third-order valence-corrected chi connectivity index (χ3v) is 3.48. The summed E-state index contributed by atoms with van der Waals surface area (Å²) in [4.78, 5) is 23.8. The van der Waals surface area contributed by atoms with Crippen LogP contribution in [0, 0.1) is 11.6 Å². The van der Waals surface area contributed by atoms with Crippen LogP contribution in [-0.4, -0.2) is 24.6 Å². The molecule has 0 spiro atoms. The van der Waals surface area contributed by atoms with E-state index in [0.717, 1.165) is 23.8 Å². The molecule has 0 saturated carbocycles. The van der Waals surface area contributed by atoms with Crippen LogP contribution in [0.3, 0.4) is 0 Å². The number of nitrogens with one attached hydrogen (secondary N) is 1. The molecule has 1 amide bonds. The maximum Gasteiger partial charge on any atom is 0.331 e. The van der Waals surface area contributed by atoms with Crippen molar-refractivity contribution in [1.82, 2.24) is 0 Å². The van der Waals surface area contributed by atoms with Crippen molar-refractivity contribution in [1.29, 1.82) is 0 Å². The van der Waals surface area contributed by atoms with Gasteiger partial charge in [-0.05, 0) is 49.8 Å². The van der Waals surface area contributed by atoms with E-state index >= 15 is 0 Å². The molecular formula is C20H19F2NO4. The Hall–Kier alpha value is -3.22. The van der Waals surface area contributed by atoms with E-state index in [4.69, 9.17) is 9.47 Å². The van der Waals surface area contributed by atoms with Gasteiger partial charge >= 0.3 is 5.97 Å². The quantitative estimate of drug-likeness (QED) is 0.588. The number of esters is 1. The second-order valence-electron chi connectivity index (χ2n) is 5.50. The molecule has 7 heteroatoms. The topological polar surface area (TPSA) is 64.6 Å². The van der Waals surface area contributed by atoms with Gasteiger partial charge in [0, 0.05) is 6.08 Å². The van der Waals surface area contributed by atoms with Crippen LogP contribution in [0.4, 0.5) is 14.5 Å². The van der Waals surface area contributed by atoms with Crippen LogP contribution < -0.4 is 10.1 Å². The van der Waals surface area contributed by atoms with Gasteiger partial charge in [-0.2, -0.15) is 0 Å². The Morgan fingerprint density at radius 1 is 1.11 bits per heavy atom. The first kappa shape index (κ1) is 20.1. The van der Waals surface area contributed by atoms with Gasteiger partial charge in [0.15, 0.2) is 6.10 Å². The van der Waals surface area contributed by atoms with E-state index in [2.05, 4.69) is 5.32 Å². The molecule has 27 heavy (non-hydrogen) atoms. The molecule has 2 aromatic carbocycles. The molecule has 0 aromatic heterocycles. The van der Waals surface area contributed by atoms with Gasteiger partial charge < -0.3 is 14.8 Å². The highest BCUT2D eigenvalue weighted by Crippen LogP contribution is 2.18. The fraction of sp³-hybridized carbons (Fsp3) is 0.200. The summed E-state index contributed by atoms with van der Waals surface area (Å²) in [5.41, 5.74) is 0.149. The van der Waals surface area contributed by atoms with Crippen LogP contribution in [0.1, 0.15) is 19.4 Å². The predicted octanol–water partition coefficient (Wildman–Crippen LogP) is 3.95. The van der Waals surface area contributed by atoms with Crippen LogP contribution in [0.5, 0.6) is 5.75 Å². The summed E-state index contributed by atoms with van der Waals surface area (Å²) in [6.07, 6.45) is 1.43. The average Bonchev–Trinajstić information content (AvgIpc) is 2.64. The summed E-state index contributed by atoms with van der Waals surface area (Å²) in [6, 6.07) is 10.2. The highest BCUT2D eigenvalue weighted by Gasteiger charge is 2.19. The summed E-state index contributed by atoms with van der Waals surface area (Å²) < 4.78 is 37.3. The molecule has 1 atom stereocenters. The van der Waals surface area contributed by atoms with E-state index < -0.39 is 35.3 Å². The minimum Gasteiger partial charge on any atom is -0.494 e. The lowest BCUT2D eigenvalue weighted by molar-refractivity contribution is -0.148. The van der Waals surface area contributed by atoms with Gasteiger partial charge in [-0.25, -0.2) is 13.6 Å². The van der Waals surface area contributed by atoms with Crippen molar-refractivity contribution < 1.29 is 27.8 Å². The molecule has 0 bridgehead atoms. The van der Waals surface area contributed by atoms with Gasteiger partial charge in [0.2, 0.25) is 0 Å². The minimum atomic E-state index is -1.23. The largest absolute Gasteiger partial charge is 0.494 e. The van der Waals surface area contributed by atoms with E-state index in [9.17, 15) is 18.4 Å². The number of rotatable bonds is 7. The molecule has 0 aliphatic carbocycles. The molecule has 0 fully saturated rings. The smallest absolute Gasteiger partial charge is 0.331 e. The number of anilines is 1. The zero-order valence-corrected chi connectivity index (χ0v) is 14.9. The molecule has 0 radical (unpaired) electrons. The van der Waals surface area contributed by atoms with Crippen LogP contribution in [0.15, 0.2) is 48.5 Å².